The molecule has 0 amide bonds. The van der Waals surface area contributed by atoms with E-state index in [-0.39, 0.29) is 20.3 Å². The first-order chi connectivity index (χ1) is 10.2. The van der Waals surface area contributed by atoms with Gasteiger partial charge in [0.2, 0.25) is 0 Å². The summed E-state index contributed by atoms with van der Waals surface area (Å²) in [5.74, 6) is 0. The Labute approximate surface area is 148 Å². The van der Waals surface area contributed by atoms with Crippen molar-refractivity contribution in [2.75, 3.05) is 0 Å². The molecule has 0 saturated heterocycles. The molecule has 104 valence electrons. The van der Waals surface area contributed by atoms with Gasteiger partial charge in [-0.2, -0.15) is 0 Å². The van der Waals surface area contributed by atoms with Crippen LogP contribution in [0.1, 0.15) is 45.9 Å². The number of rotatable bonds is 2. The first-order valence-corrected chi connectivity index (χ1v) is 8.70. The van der Waals surface area contributed by atoms with E-state index in [1.165, 1.54) is 33.4 Å². The van der Waals surface area contributed by atoms with Crippen LogP contribution in [0.3, 0.4) is 0 Å². The van der Waals surface area contributed by atoms with Crippen LogP contribution in [-0.2, 0) is 0 Å². The van der Waals surface area contributed by atoms with Crippen LogP contribution >= 0.6 is 0 Å². The second-order valence-corrected chi connectivity index (χ2v) is 7.68. The van der Waals surface area contributed by atoms with E-state index in [0.29, 0.717) is 11.1 Å². The smallest absolute Gasteiger partial charge is 1.00 e. The van der Waals surface area contributed by atoms with Crippen molar-refractivity contribution >= 4 is 21.7 Å². The average Bonchev–Trinajstić information content (AvgIpc) is 3.03. The minimum atomic E-state index is 0. The van der Waals surface area contributed by atoms with Gasteiger partial charge >= 0.3 is 18.9 Å². The Morgan fingerprint density at radius 3 is 1.68 bits per heavy atom. The molecule has 0 bridgehead atoms. The second kappa shape index (κ2) is 6.09. The van der Waals surface area contributed by atoms with Crippen LogP contribution < -0.4 is 18.9 Å². The predicted octanol–water partition coefficient (Wildman–Crippen LogP) is 1.96. The molecule has 0 aromatic heterocycles. The summed E-state index contributed by atoms with van der Waals surface area (Å²) in [5, 5.41) is 0. The minimum Gasteiger partial charge on any atom is -1.00 e. The molecule has 0 fully saturated rings. The van der Waals surface area contributed by atoms with Crippen LogP contribution in [0.5, 0.6) is 0 Å². The summed E-state index contributed by atoms with van der Waals surface area (Å²) in [6, 6.07) is 13.7. The van der Waals surface area contributed by atoms with Crippen molar-refractivity contribution in [1.29, 1.82) is 0 Å². The van der Waals surface area contributed by atoms with Crippen LogP contribution in [0.4, 0.5) is 0 Å². The molecule has 2 aliphatic carbocycles. The Morgan fingerprint density at radius 1 is 0.773 bits per heavy atom. The van der Waals surface area contributed by atoms with Crippen molar-refractivity contribution in [3.63, 3.8) is 0 Å². The van der Waals surface area contributed by atoms with Crippen molar-refractivity contribution in [2.24, 2.45) is 0 Å². The molecule has 0 nitrogen and oxygen atoms in total. The molecule has 22 heavy (non-hydrogen) atoms. The van der Waals surface area contributed by atoms with Crippen LogP contribution in [-0.4, -0.2) is 9.52 Å². The molecular formula is C20H19LiSi. The van der Waals surface area contributed by atoms with Gasteiger partial charge in [0.25, 0.3) is 0 Å². The van der Waals surface area contributed by atoms with Crippen molar-refractivity contribution in [2.45, 2.75) is 24.9 Å². The van der Waals surface area contributed by atoms with E-state index < -0.39 is 0 Å². The Kier molecular flexibility index (Phi) is 4.32. The fraction of sp³-hybridized carbons (Fsp3) is 0.200. The molecule has 0 spiro atoms. The second-order valence-electron chi connectivity index (χ2n) is 6.10. The maximum atomic E-state index is 2.39. The molecule has 4 rings (SSSR count). The average molecular weight is 294 g/mol. The van der Waals surface area contributed by atoms with E-state index in [1.54, 1.807) is 0 Å². The number of allylic oxidation sites excluding steroid dienone is 2. The molecule has 0 aliphatic heterocycles. The molecular weight excluding hydrogens is 275 g/mol. The molecule has 2 atom stereocenters. The van der Waals surface area contributed by atoms with Gasteiger partial charge in [-0.15, -0.1) is 0 Å². The van der Waals surface area contributed by atoms with Gasteiger partial charge < -0.3 is 1.43 Å². The standard InChI is InChI=1S/C20H18Si.Li.H/c1-13-3-7-17-15(11-13)5-9-19(17)21-20-10-6-16-12-14(2)4-8-18(16)20;;/h3-12,19-20H,1-2H3;;/q;+1;-1. The third-order valence-electron chi connectivity index (χ3n) is 4.45. The van der Waals surface area contributed by atoms with Gasteiger partial charge in [0.1, 0.15) is 0 Å². The SMILES string of the molecule is Cc1ccc2c(c1)C=CC2[Si]C1C=Cc2cc(C)ccc21.[H-].[Li+]. The number of hydrogen-bond acceptors (Lipinski definition) is 0. The topological polar surface area (TPSA) is 0 Å². The van der Waals surface area contributed by atoms with Gasteiger partial charge in [-0.05, 0) is 47.2 Å². The van der Waals surface area contributed by atoms with Gasteiger partial charge in [-0.25, -0.2) is 0 Å². The zero-order valence-electron chi connectivity index (χ0n) is 14.4. The number of fused-ring (bicyclic) bond motifs is 2. The van der Waals surface area contributed by atoms with Gasteiger partial charge in [0, 0.05) is 0 Å². The molecule has 2 aromatic carbocycles. The Hall–Kier alpha value is -1.27. The molecule has 2 aliphatic rings. The largest absolute Gasteiger partial charge is 1.00 e. The first-order valence-electron chi connectivity index (χ1n) is 7.54. The van der Waals surface area contributed by atoms with E-state index in [0.717, 1.165) is 9.52 Å². The van der Waals surface area contributed by atoms with Crippen LogP contribution in [0, 0.1) is 13.8 Å². The summed E-state index contributed by atoms with van der Waals surface area (Å²) in [7, 11) is 0.893. The van der Waals surface area contributed by atoms with Crippen LogP contribution in [0.15, 0.2) is 48.6 Å². The summed E-state index contributed by atoms with van der Waals surface area (Å²) >= 11 is 0. The van der Waals surface area contributed by atoms with Gasteiger partial charge in [0.05, 0.1) is 9.52 Å². The maximum absolute atomic E-state index is 2.39. The monoisotopic (exact) mass is 294 g/mol. The van der Waals surface area contributed by atoms with Gasteiger partial charge in [-0.3, -0.25) is 0 Å². The van der Waals surface area contributed by atoms with Crippen molar-refractivity contribution < 1.29 is 20.3 Å². The number of aryl methyl sites for hydroxylation is 2. The normalized spacial score (nSPS) is 20.6. The van der Waals surface area contributed by atoms with Gasteiger partial charge in [0.15, 0.2) is 0 Å². The maximum Gasteiger partial charge on any atom is 1.00 e. The Morgan fingerprint density at radius 2 is 1.23 bits per heavy atom. The van der Waals surface area contributed by atoms with E-state index in [9.17, 15) is 0 Å². The van der Waals surface area contributed by atoms with Crippen LogP contribution in [0.2, 0.25) is 0 Å². The van der Waals surface area contributed by atoms with Crippen molar-refractivity contribution in [3.8, 4) is 0 Å². The number of hydrogen-bond donors (Lipinski definition) is 0. The molecule has 2 radical (unpaired) electrons. The summed E-state index contributed by atoms with van der Waals surface area (Å²) < 4.78 is 0. The fourth-order valence-electron chi connectivity index (χ4n) is 3.33. The summed E-state index contributed by atoms with van der Waals surface area (Å²) in [6.45, 7) is 4.34. The third kappa shape index (κ3) is 2.70. The van der Waals surface area contributed by atoms with E-state index in [1.807, 2.05) is 0 Å². The van der Waals surface area contributed by atoms with Crippen molar-refractivity contribution in [3.05, 3.63) is 81.9 Å². The molecule has 2 aromatic rings. The Bertz CT molecular complexity index is 714. The molecule has 2 unspecified atom stereocenters. The fourth-order valence-corrected chi connectivity index (χ4v) is 5.02. The third-order valence-corrected chi connectivity index (χ3v) is 6.18. The Balaban J connectivity index is 0.000000960. The van der Waals surface area contributed by atoms with E-state index in [4.69, 9.17) is 0 Å². The summed E-state index contributed by atoms with van der Waals surface area (Å²) in [5.41, 5.74) is 9.72. The van der Waals surface area contributed by atoms with Gasteiger partial charge in [-0.1, -0.05) is 71.8 Å². The minimum absolute atomic E-state index is 0. The number of benzene rings is 2. The zero-order valence-corrected chi connectivity index (χ0v) is 14.4. The molecule has 0 N–H and O–H groups in total. The summed E-state index contributed by atoms with van der Waals surface area (Å²) in [4.78, 5) is 0. The first kappa shape index (κ1) is 15.6. The predicted molar refractivity (Wildman–Crippen MR) is 92.8 cm³/mol. The van der Waals surface area contributed by atoms with Crippen molar-refractivity contribution in [1.82, 2.24) is 0 Å². The molecule has 0 heterocycles. The van der Waals surface area contributed by atoms with E-state index >= 15 is 0 Å². The molecule has 0 saturated carbocycles. The molecule has 2 heteroatoms. The van der Waals surface area contributed by atoms with E-state index in [2.05, 4.69) is 74.5 Å². The zero-order chi connectivity index (χ0) is 14.4. The summed E-state index contributed by atoms with van der Waals surface area (Å²) in [6.07, 6.45) is 9.38. The van der Waals surface area contributed by atoms with Crippen LogP contribution in [0.25, 0.3) is 12.2 Å². The quantitative estimate of drug-likeness (QED) is 0.743.